The Kier molecular flexibility index (Phi) is 4.13. The number of aromatic amines is 1. The average molecular weight is 318 g/mol. The normalized spacial score (nSPS) is 10.7. The highest BCUT2D eigenvalue weighted by molar-refractivity contribution is 5.97. The van der Waals surface area contributed by atoms with Gasteiger partial charge >= 0.3 is 0 Å². The number of fused-ring (bicyclic) bond motifs is 1. The second-order valence-electron chi connectivity index (χ2n) is 4.71. The third-order valence-corrected chi connectivity index (χ3v) is 3.13. The molecule has 23 heavy (non-hydrogen) atoms. The van der Waals surface area contributed by atoms with Crippen LogP contribution < -0.4 is 10.1 Å². The number of amides is 1. The monoisotopic (exact) mass is 318 g/mol. The van der Waals surface area contributed by atoms with Gasteiger partial charge in [-0.2, -0.15) is 15.4 Å². The minimum atomic E-state index is -0.979. The van der Waals surface area contributed by atoms with Crippen LogP contribution in [0, 0.1) is 11.6 Å². The van der Waals surface area contributed by atoms with E-state index in [-0.39, 0.29) is 24.8 Å². The van der Waals surface area contributed by atoms with Crippen LogP contribution in [0.25, 0.3) is 11.0 Å². The van der Waals surface area contributed by atoms with Crippen LogP contribution in [-0.4, -0.2) is 34.5 Å². The highest BCUT2D eigenvalue weighted by Crippen LogP contribution is 2.15. The largest absolute Gasteiger partial charge is 0.492 e. The maximum absolute atomic E-state index is 13.0. The average Bonchev–Trinajstić information content (AvgIpc) is 3.02. The summed E-state index contributed by atoms with van der Waals surface area (Å²) in [5.74, 6) is -2.01. The third-order valence-electron chi connectivity index (χ3n) is 3.13. The van der Waals surface area contributed by atoms with Crippen molar-refractivity contribution >= 4 is 16.9 Å². The first-order valence-corrected chi connectivity index (χ1v) is 6.80. The van der Waals surface area contributed by atoms with Crippen molar-refractivity contribution in [3.8, 4) is 5.75 Å². The highest BCUT2D eigenvalue weighted by atomic mass is 19.2. The molecule has 6 nitrogen and oxygen atoms in total. The standard InChI is InChI=1S/C15H12F2N4O2/c16-11-3-2-10(8-12(11)17)23-6-5-18-15(22)9-1-4-13-14(7-9)20-21-19-13/h1-4,7-8H,5-6H2,(H,18,22)(H,19,20,21). The van der Waals surface area contributed by atoms with Crippen LogP contribution in [0.5, 0.6) is 5.75 Å². The fraction of sp³-hybridized carbons (Fsp3) is 0.133. The number of aromatic nitrogens is 3. The number of benzene rings is 2. The fourth-order valence-electron chi connectivity index (χ4n) is 1.98. The lowest BCUT2D eigenvalue weighted by Gasteiger charge is -2.08. The predicted octanol–water partition coefficient (Wildman–Crippen LogP) is 2.04. The van der Waals surface area contributed by atoms with Gasteiger partial charge in [0.05, 0.1) is 6.54 Å². The summed E-state index contributed by atoms with van der Waals surface area (Å²) < 4.78 is 31.0. The Bertz CT molecular complexity index is 850. The van der Waals surface area contributed by atoms with Gasteiger partial charge in [0.1, 0.15) is 23.4 Å². The number of hydrogen-bond acceptors (Lipinski definition) is 4. The smallest absolute Gasteiger partial charge is 0.251 e. The Labute approximate surface area is 129 Å². The molecule has 3 aromatic rings. The van der Waals surface area contributed by atoms with E-state index in [4.69, 9.17) is 4.74 Å². The van der Waals surface area contributed by atoms with E-state index in [1.807, 2.05) is 0 Å². The van der Waals surface area contributed by atoms with E-state index in [1.54, 1.807) is 18.2 Å². The number of H-pyrrole nitrogens is 1. The van der Waals surface area contributed by atoms with Crippen LogP contribution in [-0.2, 0) is 0 Å². The molecule has 0 saturated heterocycles. The zero-order chi connectivity index (χ0) is 16.2. The van der Waals surface area contributed by atoms with Gasteiger partial charge in [-0.3, -0.25) is 4.79 Å². The number of ether oxygens (including phenoxy) is 1. The summed E-state index contributed by atoms with van der Waals surface area (Å²) in [6, 6.07) is 8.19. The first-order chi connectivity index (χ1) is 11.1. The van der Waals surface area contributed by atoms with Crippen molar-refractivity contribution in [2.75, 3.05) is 13.2 Å². The molecule has 0 atom stereocenters. The first-order valence-electron chi connectivity index (χ1n) is 6.80. The fourth-order valence-corrected chi connectivity index (χ4v) is 1.98. The van der Waals surface area contributed by atoms with Crippen LogP contribution in [0.4, 0.5) is 8.78 Å². The minimum absolute atomic E-state index is 0.128. The molecule has 118 valence electrons. The third kappa shape index (κ3) is 3.42. The Morgan fingerprint density at radius 3 is 2.74 bits per heavy atom. The molecule has 1 heterocycles. The van der Waals surface area contributed by atoms with Crippen LogP contribution in [0.1, 0.15) is 10.4 Å². The highest BCUT2D eigenvalue weighted by Gasteiger charge is 2.08. The van der Waals surface area contributed by atoms with E-state index in [0.29, 0.717) is 16.6 Å². The summed E-state index contributed by atoms with van der Waals surface area (Å²) in [6.07, 6.45) is 0. The van der Waals surface area contributed by atoms with Gasteiger partial charge in [0.2, 0.25) is 0 Å². The predicted molar refractivity (Wildman–Crippen MR) is 78.1 cm³/mol. The Hall–Kier alpha value is -3.03. The van der Waals surface area contributed by atoms with Crippen LogP contribution in [0.3, 0.4) is 0 Å². The summed E-state index contributed by atoms with van der Waals surface area (Å²) in [5, 5.41) is 12.9. The summed E-state index contributed by atoms with van der Waals surface area (Å²) >= 11 is 0. The number of carbonyl (C=O) groups excluding carboxylic acids is 1. The van der Waals surface area contributed by atoms with Gasteiger partial charge in [-0.1, -0.05) is 0 Å². The molecule has 0 aliphatic carbocycles. The number of hydrogen-bond donors (Lipinski definition) is 2. The van der Waals surface area contributed by atoms with E-state index in [0.717, 1.165) is 12.1 Å². The number of rotatable bonds is 5. The molecule has 1 amide bonds. The van der Waals surface area contributed by atoms with Crippen molar-refractivity contribution in [2.45, 2.75) is 0 Å². The van der Waals surface area contributed by atoms with E-state index in [1.165, 1.54) is 6.07 Å². The first kappa shape index (κ1) is 14.9. The number of carbonyl (C=O) groups is 1. The van der Waals surface area contributed by atoms with E-state index >= 15 is 0 Å². The molecule has 2 aromatic carbocycles. The van der Waals surface area contributed by atoms with Crippen molar-refractivity contribution in [1.82, 2.24) is 20.7 Å². The lowest BCUT2D eigenvalue weighted by Crippen LogP contribution is -2.28. The molecule has 2 N–H and O–H groups in total. The Balaban J connectivity index is 1.51. The number of nitrogens with zero attached hydrogens (tertiary/aromatic N) is 2. The lowest BCUT2D eigenvalue weighted by atomic mass is 10.2. The molecular formula is C15H12F2N4O2. The zero-order valence-corrected chi connectivity index (χ0v) is 11.8. The molecule has 8 heteroatoms. The van der Waals surface area contributed by atoms with E-state index in [2.05, 4.69) is 20.7 Å². The lowest BCUT2D eigenvalue weighted by molar-refractivity contribution is 0.0947. The molecule has 0 fully saturated rings. The molecule has 3 rings (SSSR count). The Morgan fingerprint density at radius 2 is 1.91 bits per heavy atom. The molecule has 0 aliphatic rings. The SMILES string of the molecule is O=C(NCCOc1ccc(F)c(F)c1)c1ccc2n[nH]nc2c1. The summed E-state index contributed by atoms with van der Waals surface area (Å²) in [7, 11) is 0. The molecule has 0 spiro atoms. The maximum atomic E-state index is 13.0. The van der Waals surface area contributed by atoms with Gasteiger partial charge < -0.3 is 10.1 Å². The van der Waals surface area contributed by atoms with Gasteiger partial charge in [-0.15, -0.1) is 0 Å². The Morgan fingerprint density at radius 1 is 1.09 bits per heavy atom. The van der Waals surface area contributed by atoms with Crippen LogP contribution in [0.2, 0.25) is 0 Å². The van der Waals surface area contributed by atoms with E-state index < -0.39 is 11.6 Å². The molecule has 0 unspecified atom stereocenters. The summed E-state index contributed by atoms with van der Waals surface area (Å²) in [4.78, 5) is 12.0. The number of halogens is 2. The molecule has 0 aliphatic heterocycles. The molecule has 0 saturated carbocycles. The van der Waals surface area contributed by atoms with E-state index in [9.17, 15) is 13.6 Å². The van der Waals surface area contributed by atoms with Crippen molar-refractivity contribution in [2.24, 2.45) is 0 Å². The van der Waals surface area contributed by atoms with Gasteiger partial charge in [-0.25, -0.2) is 8.78 Å². The molecule has 0 bridgehead atoms. The minimum Gasteiger partial charge on any atom is -0.492 e. The van der Waals surface area contributed by atoms with Crippen LogP contribution in [0.15, 0.2) is 36.4 Å². The topological polar surface area (TPSA) is 79.9 Å². The molecule has 1 aromatic heterocycles. The maximum Gasteiger partial charge on any atom is 0.251 e. The molecule has 0 radical (unpaired) electrons. The second-order valence-corrected chi connectivity index (χ2v) is 4.71. The van der Waals surface area contributed by atoms with Crippen LogP contribution >= 0.6 is 0 Å². The van der Waals surface area contributed by atoms with Crippen molar-refractivity contribution in [3.05, 3.63) is 53.6 Å². The second kappa shape index (κ2) is 6.39. The van der Waals surface area contributed by atoms with Gasteiger partial charge in [-0.05, 0) is 30.3 Å². The van der Waals surface area contributed by atoms with Crippen molar-refractivity contribution in [3.63, 3.8) is 0 Å². The van der Waals surface area contributed by atoms with Gasteiger partial charge in [0, 0.05) is 11.6 Å². The quantitative estimate of drug-likeness (QED) is 0.706. The van der Waals surface area contributed by atoms with Crippen molar-refractivity contribution in [1.29, 1.82) is 0 Å². The summed E-state index contributed by atoms with van der Waals surface area (Å²) in [6.45, 7) is 0.345. The van der Waals surface area contributed by atoms with Crippen molar-refractivity contribution < 1.29 is 18.3 Å². The van der Waals surface area contributed by atoms with Gasteiger partial charge in [0.25, 0.3) is 5.91 Å². The number of nitrogens with one attached hydrogen (secondary N) is 2. The zero-order valence-electron chi connectivity index (χ0n) is 11.8. The summed E-state index contributed by atoms with van der Waals surface area (Å²) in [5.41, 5.74) is 1.71. The molecular weight excluding hydrogens is 306 g/mol. The van der Waals surface area contributed by atoms with Gasteiger partial charge in [0.15, 0.2) is 11.6 Å².